The molecule has 0 saturated carbocycles. The molecule has 7 heteroatoms. The number of nitrogens with zero attached hydrogens (tertiary/aromatic N) is 2. The second kappa shape index (κ2) is 4.58. The first-order valence-corrected chi connectivity index (χ1v) is 5.30. The molecule has 0 aliphatic heterocycles. The predicted octanol–water partition coefficient (Wildman–Crippen LogP) is 2.94. The summed E-state index contributed by atoms with van der Waals surface area (Å²) in [6, 6.07) is 5.91. The van der Waals surface area contributed by atoms with Crippen molar-refractivity contribution in [2.24, 2.45) is 0 Å². The first-order valence-electron chi connectivity index (χ1n) is 4.92. The van der Waals surface area contributed by atoms with Crippen LogP contribution in [-0.2, 0) is 0 Å². The van der Waals surface area contributed by atoms with Crippen molar-refractivity contribution < 1.29 is 14.2 Å². The minimum absolute atomic E-state index is 0.0137. The van der Waals surface area contributed by atoms with E-state index in [1.54, 1.807) is 6.07 Å². The topological polar surface area (TPSA) is 86.2 Å². The van der Waals surface area contributed by atoms with E-state index in [0.29, 0.717) is 5.69 Å². The van der Waals surface area contributed by atoms with Crippen LogP contribution < -0.4 is 0 Å². The number of aromatic nitrogens is 1. The average molecular weight is 267 g/mol. The third-order valence-electron chi connectivity index (χ3n) is 2.40. The maximum atomic E-state index is 11.3. The number of nitro benzene ring substituents is 1. The monoisotopic (exact) mass is 266 g/mol. The number of carbonyl (C=O) groups excluding carboxylic acids is 1. The second-order valence-corrected chi connectivity index (χ2v) is 3.86. The third kappa shape index (κ3) is 1.98. The number of carbonyl (C=O) groups is 1. The Bertz CT molecular complexity index is 636. The minimum Gasteiger partial charge on any atom is -0.355 e. The predicted molar refractivity (Wildman–Crippen MR) is 63.5 cm³/mol. The van der Waals surface area contributed by atoms with Crippen LogP contribution in [0.5, 0.6) is 0 Å². The molecule has 0 N–H and O–H groups in total. The quantitative estimate of drug-likeness (QED) is 0.484. The lowest BCUT2D eigenvalue weighted by Crippen LogP contribution is -1.96. The van der Waals surface area contributed by atoms with Gasteiger partial charge in [-0.15, -0.1) is 0 Å². The van der Waals surface area contributed by atoms with Gasteiger partial charge in [-0.05, 0) is 24.6 Å². The number of nitro groups is 1. The van der Waals surface area contributed by atoms with Crippen molar-refractivity contribution in [2.75, 3.05) is 0 Å². The van der Waals surface area contributed by atoms with Gasteiger partial charge in [-0.3, -0.25) is 14.9 Å². The van der Waals surface area contributed by atoms with Gasteiger partial charge in [0.2, 0.25) is 0 Å². The summed E-state index contributed by atoms with van der Waals surface area (Å²) in [6.07, 6.45) is 0. The summed E-state index contributed by atoms with van der Waals surface area (Å²) in [5.41, 5.74) is 0.342. The summed E-state index contributed by atoms with van der Waals surface area (Å²) in [5.74, 6) is 0.0137. The SMILES string of the molecule is Cc1noc(-c2ccccc2[N+](=O)[O-])c1C(=O)Cl. The zero-order valence-electron chi connectivity index (χ0n) is 9.21. The first kappa shape index (κ1) is 12.3. The fraction of sp³-hybridized carbons (Fsp3) is 0.0909. The van der Waals surface area contributed by atoms with Gasteiger partial charge in [-0.2, -0.15) is 0 Å². The van der Waals surface area contributed by atoms with Gasteiger partial charge in [0.1, 0.15) is 5.56 Å². The smallest absolute Gasteiger partial charge is 0.280 e. The third-order valence-corrected chi connectivity index (χ3v) is 2.59. The van der Waals surface area contributed by atoms with E-state index in [9.17, 15) is 14.9 Å². The largest absolute Gasteiger partial charge is 0.355 e. The van der Waals surface area contributed by atoms with Gasteiger partial charge in [0, 0.05) is 6.07 Å². The number of halogens is 1. The molecule has 0 atom stereocenters. The van der Waals surface area contributed by atoms with Gasteiger partial charge < -0.3 is 4.52 Å². The number of hydrogen-bond donors (Lipinski definition) is 0. The highest BCUT2D eigenvalue weighted by Gasteiger charge is 2.25. The van der Waals surface area contributed by atoms with Crippen LogP contribution in [0.2, 0.25) is 0 Å². The Morgan fingerprint density at radius 2 is 2.11 bits per heavy atom. The van der Waals surface area contributed by atoms with Crippen molar-refractivity contribution in [3.63, 3.8) is 0 Å². The summed E-state index contributed by atoms with van der Waals surface area (Å²) in [6.45, 7) is 1.54. The Kier molecular flexibility index (Phi) is 3.12. The lowest BCUT2D eigenvalue weighted by Gasteiger charge is -1.99. The molecular weight excluding hydrogens is 260 g/mol. The van der Waals surface area contributed by atoms with Crippen LogP contribution in [0.25, 0.3) is 11.3 Å². The molecule has 0 bridgehead atoms. The molecule has 0 fully saturated rings. The molecule has 2 aromatic rings. The molecule has 1 aromatic heterocycles. The van der Waals surface area contributed by atoms with E-state index >= 15 is 0 Å². The Labute approximate surface area is 106 Å². The Morgan fingerprint density at radius 3 is 2.72 bits per heavy atom. The highest BCUT2D eigenvalue weighted by Crippen LogP contribution is 2.33. The van der Waals surface area contributed by atoms with Crippen molar-refractivity contribution in [1.82, 2.24) is 5.16 Å². The molecule has 0 aliphatic rings. The minimum atomic E-state index is -0.762. The van der Waals surface area contributed by atoms with Crippen molar-refractivity contribution in [3.05, 3.63) is 45.6 Å². The van der Waals surface area contributed by atoms with Gasteiger partial charge in [-0.25, -0.2) is 0 Å². The van der Waals surface area contributed by atoms with E-state index < -0.39 is 10.2 Å². The van der Waals surface area contributed by atoms with Crippen LogP contribution in [0.1, 0.15) is 16.1 Å². The van der Waals surface area contributed by atoms with E-state index in [1.807, 2.05) is 0 Å². The summed E-state index contributed by atoms with van der Waals surface area (Å²) < 4.78 is 4.97. The van der Waals surface area contributed by atoms with Crippen molar-refractivity contribution in [1.29, 1.82) is 0 Å². The molecule has 0 radical (unpaired) electrons. The van der Waals surface area contributed by atoms with Crippen LogP contribution >= 0.6 is 11.6 Å². The van der Waals surface area contributed by atoms with E-state index in [0.717, 1.165) is 0 Å². The van der Waals surface area contributed by atoms with Crippen LogP contribution in [0.4, 0.5) is 5.69 Å². The van der Waals surface area contributed by atoms with E-state index in [1.165, 1.54) is 25.1 Å². The Morgan fingerprint density at radius 1 is 1.44 bits per heavy atom. The number of hydrogen-bond acceptors (Lipinski definition) is 5. The fourth-order valence-electron chi connectivity index (χ4n) is 1.61. The van der Waals surface area contributed by atoms with Gasteiger partial charge in [0.15, 0.2) is 5.76 Å². The summed E-state index contributed by atoms with van der Waals surface area (Å²) in [4.78, 5) is 21.6. The van der Waals surface area contributed by atoms with Crippen molar-refractivity contribution in [2.45, 2.75) is 6.92 Å². The van der Waals surface area contributed by atoms with Crippen molar-refractivity contribution >= 4 is 22.5 Å². The first-order chi connectivity index (χ1) is 8.52. The maximum absolute atomic E-state index is 11.3. The standard InChI is InChI=1S/C11H7ClN2O4/c1-6-9(11(12)15)10(18-13-6)7-4-2-3-5-8(7)14(16)17/h2-5H,1H3. The molecule has 0 amide bonds. The van der Waals surface area contributed by atoms with E-state index in [-0.39, 0.29) is 22.6 Å². The van der Waals surface area contributed by atoms with E-state index in [4.69, 9.17) is 16.1 Å². The fourth-order valence-corrected chi connectivity index (χ4v) is 1.83. The van der Waals surface area contributed by atoms with Crippen LogP contribution in [0.3, 0.4) is 0 Å². The molecule has 18 heavy (non-hydrogen) atoms. The van der Waals surface area contributed by atoms with E-state index in [2.05, 4.69) is 5.16 Å². The van der Waals surface area contributed by atoms with Crippen molar-refractivity contribution in [3.8, 4) is 11.3 Å². The van der Waals surface area contributed by atoms with Crippen LogP contribution in [0, 0.1) is 17.0 Å². The lowest BCUT2D eigenvalue weighted by molar-refractivity contribution is -0.384. The number of para-hydroxylation sites is 1. The molecule has 0 saturated heterocycles. The zero-order valence-corrected chi connectivity index (χ0v) is 9.97. The molecule has 92 valence electrons. The molecule has 2 rings (SSSR count). The number of rotatable bonds is 3. The van der Waals surface area contributed by atoms with Crippen LogP contribution in [-0.4, -0.2) is 15.3 Å². The zero-order chi connectivity index (χ0) is 13.3. The average Bonchev–Trinajstić information content (AvgIpc) is 2.71. The summed E-state index contributed by atoms with van der Waals surface area (Å²) >= 11 is 5.43. The van der Waals surface area contributed by atoms with Gasteiger partial charge in [-0.1, -0.05) is 17.3 Å². The molecule has 6 nitrogen and oxygen atoms in total. The highest BCUT2D eigenvalue weighted by atomic mass is 35.5. The molecular formula is C11H7ClN2O4. The molecule has 0 aliphatic carbocycles. The van der Waals surface area contributed by atoms with Gasteiger partial charge >= 0.3 is 0 Å². The molecule has 1 aromatic carbocycles. The summed E-state index contributed by atoms with van der Waals surface area (Å²) in [7, 11) is 0. The Balaban J connectivity index is 2.70. The van der Waals surface area contributed by atoms with Gasteiger partial charge in [0.05, 0.1) is 16.2 Å². The molecule has 0 spiro atoms. The lowest BCUT2D eigenvalue weighted by atomic mass is 10.1. The molecule has 0 unspecified atom stereocenters. The summed E-state index contributed by atoms with van der Waals surface area (Å²) in [5, 5.41) is 13.8. The highest BCUT2D eigenvalue weighted by molar-refractivity contribution is 6.68. The normalized spacial score (nSPS) is 10.3. The number of benzene rings is 1. The number of aryl methyl sites for hydroxylation is 1. The Hall–Kier alpha value is -2.21. The second-order valence-electron chi connectivity index (χ2n) is 3.52. The van der Waals surface area contributed by atoms with Gasteiger partial charge in [0.25, 0.3) is 10.9 Å². The molecule has 1 heterocycles. The van der Waals surface area contributed by atoms with Crippen LogP contribution in [0.15, 0.2) is 28.8 Å². The maximum Gasteiger partial charge on any atom is 0.280 e.